The summed E-state index contributed by atoms with van der Waals surface area (Å²) in [7, 11) is 5.78. The monoisotopic (exact) mass is 1400 g/mol. The van der Waals surface area contributed by atoms with Crippen LogP contribution in [-0.4, -0.2) is 179 Å². The van der Waals surface area contributed by atoms with Crippen LogP contribution < -0.4 is 24.2 Å². The number of ketones is 3. The molecule has 0 radical (unpaired) electrons. The zero-order valence-corrected chi connectivity index (χ0v) is 61.9. The van der Waals surface area contributed by atoms with Crippen molar-refractivity contribution in [2.75, 3.05) is 108 Å². The van der Waals surface area contributed by atoms with Crippen molar-refractivity contribution in [2.24, 2.45) is 16.2 Å². The summed E-state index contributed by atoms with van der Waals surface area (Å²) in [6.45, 7) is 22.8. The van der Waals surface area contributed by atoms with Crippen LogP contribution in [0.1, 0.15) is 173 Å². The number of Topliss-reactive ketones (excluding diaryl/α,β-unsaturated/α-hetero) is 3. The van der Waals surface area contributed by atoms with Crippen LogP contribution in [0.3, 0.4) is 0 Å². The summed E-state index contributed by atoms with van der Waals surface area (Å²) in [4.78, 5) is 85.3. The molecule has 24 heteroatoms. The molecule has 6 aromatic rings. The topological polar surface area (TPSA) is 273 Å². The molecule has 2 saturated heterocycles. The number of aliphatic hydroxyl groups excluding tert-OH is 2. The fourth-order valence-electron chi connectivity index (χ4n) is 12.6. The molecule has 0 saturated carbocycles. The van der Waals surface area contributed by atoms with Gasteiger partial charge in [0.05, 0.1) is 46.1 Å². The Morgan fingerprint density at radius 2 is 0.830 bits per heavy atom. The summed E-state index contributed by atoms with van der Waals surface area (Å²) >= 11 is 6.09. The Balaban J connectivity index is 0.000000180. The van der Waals surface area contributed by atoms with Crippen molar-refractivity contribution in [3.63, 3.8) is 0 Å². The van der Waals surface area contributed by atoms with Gasteiger partial charge < -0.3 is 53.3 Å². The van der Waals surface area contributed by atoms with Gasteiger partial charge in [0.2, 0.25) is 0 Å². The highest BCUT2D eigenvalue weighted by Gasteiger charge is 2.29. The Morgan fingerprint density at radius 3 is 1.18 bits per heavy atom. The fraction of sp³-hybridized carbons (Fsp3) is 0.605. The Kier molecular flexibility index (Phi) is 29.5. The number of carbonyl (C=O) groups excluding carboxylic acids is 3. The normalized spacial score (nSPS) is 16.3. The Labute approximate surface area is 596 Å². The lowest BCUT2D eigenvalue weighted by molar-refractivity contribution is -0.166. The van der Waals surface area contributed by atoms with Crippen molar-refractivity contribution in [3.8, 4) is 46.1 Å². The van der Waals surface area contributed by atoms with Gasteiger partial charge in [0, 0.05) is 123 Å². The number of nitrogens with zero attached hydrogens (tertiary/aromatic N) is 12. The number of anilines is 3. The molecule has 2 N–H and O–H groups in total. The minimum atomic E-state index is -0.120. The number of halogens is 1. The van der Waals surface area contributed by atoms with E-state index in [1.54, 1.807) is 42.9 Å². The predicted octanol–water partition coefficient (Wildman–Crippen LogP) is 11.9. The van der Waals surface area contributed by atoms with Crippen molar-refractivity contribution in [3.05, 3.63) is 93.8 Å². The molecular formula is C76H107ClN12O11. The third-order valence-corrected chi connectivity index (χ3v) is 17.0. The van der Waals surface area contributed by atoms with E-state index in [0.29, 0.717) is 110 Å². The Bertz CT molecular complexity index is 3640. The molecule has 0 aromatic carbocycles. The average Bonchev–Trinajstić information content (AvgIpc) is 1.55. The van der Waals surface area contributed by atoms with E-state index in [1.807, 2.05) is 48.0 Å². The first-order valence-corrected chi connectivity index (χ1v) is 36.0. The van der Waals surface area contributed by atoms with Gasteiger partial charge in [-0.15, -0.1) is 0 Å². The van der Waals surface area contributed by atoms with Crippen LogP contribution in [0.2, 0.25) is 5.02 Å². The summed E-state index contributed by atoms with van der Waals surface area (Å²) in [5, 5.41) is 18.0. The number of carbonyl (C=O) groups is 3. The molecule has 2 aliphatic heterocycles. The molecule has 2 atom stereocenters. The maximum Gasteiger partial charge on any atom is 0.180 e. The molecule has 23 nitrogen and oxygen atoms in total. The van der Waals surface area contributed by atoms with Crippen LogP contribution >= 0.6 is 11.6 Å². The van der Waals surface area contributed by atoms with Gasteiger partial charge in [-0.05, 0) is 137 Å². The average molecular weight is 1400 g/mol. The van der Waals surface area contributed by atoms with Gasteiger partial charge in [-0.3, -0.25) is 29.3 Å². The van der Waals surface area contributed by atoms with E-state index in [0.717, 1.165) is 154 Å². The quantitative estimate of drug-likeness (QED) is 0.0478. The summed E-state index contributed by atoms with van der Waals surface area (Å²) in [5.41, 5.74) is 8.42. The second-order valence-corrected chi connectivity index (χ2v) is 30.4. The lowest BCUT2D eigenvalue weighted by Gasteiger charge is -2.23. The van der Waals surface area contributed by atoms with Crippen LogP contribution in [-0.2, 0) is 71.9 Å². The molecule has 6 aromatic heterocycles. The lowest BCUT2D eigenvalue weighted by atomic mass is 9.90. The van der Waals surface area contributed by atoms with Crippen molar-refractivity contribution in [1.29, 1.82) is 0 Å². The Morgan fingerprint density at radius 1 is 0.470 bits per heavy atom. The summed E-state index contributed by atoms with van der Waals surface area (Å²) in [5.74, 6) is 6.08. The highest BCUT2D eigenvalue weighted by Crippen LogP contribution is 2.36. The molecule has 2 unspecified atom stereocenters. The number of aromatic nitrogens is 9. The van der Waals surface area contributed by atoms with E-state index in [2.05, 4.69) is 77.3 Å². The van der Waals surface area contributed by atoms with Gasteiger partial charge in [-0.2, -0.15) is 0 Å². The van der Waals surface area contributed by atoms with Crippen LogP contribution in [0.4, 0.5) is 17.5 Å². The number of likely N-dealkylation sites (N-methyl/N-ethyl adjacent to an activating group) is 3. The highest BCUT2D eigenvalue weighted by atomic mass is 35.5. The largest absolute Gasteiger partial charge is 0.491 e. The third-order valence-electron chi connectivity index (χ3n) is 16.8. The van der Waals surface area contributed by atoms with Gasteiger partial charge in [0.25, 0.3) is 0 Å². The van der Waals surface area contributed by atoms with E-state index in [4.69, 9.17) is 80.1 Å². The van der Waals surface area contributed by atoms with Gasteiger partial charge in [0.15, 0.2) is 47.4 Å². The predicted molar refractivity (Wildman–Crippen MR) is 388 cm³/mol. The van der Waals surface area contributed by atoms with Gasteiger partial charge in [0.1, 0.15) is 59.2 Å². The van der Waals surface area contributed by atoms with E-state index in [1.165, 1.54) is 6.42 Å². The van der Waals surface area contributed by atoms with Crippen LogP contribution in [0.5, 0.6) is 11.5 Å². The van der Waals surface area contributed by atoms with Gasteiger partial charge in [-0.1, -0.05) is 73.9 Å². The molecule has 100 heavy (non-hydrogen) atoms. The number of aliphatic hydroxyl groups is 2. The molecule has 0 spiro atoms. The van der Waals surface area contributed by atoms with Crippen molar-refractivity contribution < 1.29 is 53.0 Å². The number of ether oxygens (including phenoxy) is 6. The smallest absolute Gasteiger partial charge is 0.180 e. The SMILES string of the molecule is CN(CC(=O)CC(C)(C)C)c1nc(-c2cc(Cl)ccn2)nc2c1CCC2.CN(CC(=O)CC(C)(C)C)c1nc(-c2cc(OCCO)ccn2)nc2c1CCC2.CN(CC(=O)CC(C)(C)C)c1nc(-c2cc(OCCOC3CCCCO3)ccn2)nc2c1CCC2.OCCOC1CCCCO1. The first-order valence-electron chi connectivity index (χ1n) is 35.6. The first-order chi connectivity index (χ1) is 47.7. The zero-order chi connectivity index (χ0) is 72.0. The third kappa shape index (κ3) is 25.1. The number of hydrogen-bond donors (Lipinski definition) is 2. The molecule has 3 aliphatic carbocycles. The molecule has 2 fully saturated rings. The second-order valence-electron chi connectivity index (χ2n) is 29.9. The summed E-state index contributed by atoms with van der Waals surface area (Å²) in [6, 6.07) is 10.7. The molecule has 0 amide bonds. The number of aryl methyl sites for hydroxylation is 3. The van der Waals surface area contributed by atoms with E-state index >= 15 is 0 Å². The maximum absolute atomic E-state index is 12.6. The maximum atomic E-state index is 12.6. The first kappa shape index (κ1) is 78.5. The number of pyridine rings is 3. The van der Waals surface area contributed by atoms with E-state index in [9.17, 15) is 14.4 Å². The summed E-state index contributed by atoms with van der Waals surface area (Å²) in [6.07, 6.45) is 21.6. The fourth-order valence-corrected chi connectivity index (χ4v) is 12.8. The van der Waals surface area contributed by atoms with E-state index < -0.39 is 0 Å². The van der Waals surface area contributed by atoms with Crippen LogP contribution in [0, 0.1) is 16.2 Å². The van der Waals surface area contributed by atoms with Crippen LogP contribution in [0.25, 0.3) is 34.6 Å². The molecule has 544 valence electrons. The van der Waals surface area contributed by atoms with Crippen LogP contribution in [0.15, 0.2) is 55.0 Å². The number of hydrogen-bond acceptors (Lipinski definition) is 23. The van der Waals surface area contributed by atoms with Gasteiger partial charge >= 0.3 is 0 Å². The molecule has 8 heterocycles. The second kappa shape index (κ2) is 37.6. The molecule has 0 bridgehead atoms. The minimum Gasteiger partial charge on any atom is -0.491 e. The van der Waals surface area contributed by atoms with Crippen molar-refractivity contribution in [2.45, 2.75) is 190 Å². The molecular weight excluding hydrogens is 1290 g/mol. The van der Waals surface area contributed by atoms with Gasteiger partial charge in [-0.25, -0.2) is 29.9 Å². The lowest BCUT2D eigenvalue weighted by Crippen LogP contribution is -2.30. The number of rotatable bonds is 26. The molecule has 5 aliphatic rings. The Hall–Kier alpha value is -7.25. The minimum absolute atomic E-state index is 0.0125. The summed E-state index contributed by atoms with van der Waals surface area (Å²) < 4.78 is 33.1. The van der Waals surface area contributed by atoms with Crippen molar-refractivity contribution in [1.82, 2.24) is 44.9 Å². The van der Waals surface area contributed by atoms with Crippen molar-refractivity contribution >= 4 is 46.4 Å². The zero-order valence-electron chi connectivity index (χ0n) is 61.2. The van der Waals surface area contributed by atoms with E-state index in [-0.39, 0.29) is 66.0 Å². The molecule has 11 rings (SSSR count). The standard InChI is InChI=1S/C27H38N4O4.C22H30N4O3.C20H25ClN4O.C7H14O3/c1-27(2,3)17-19(32)18-31(4)26-21-8-7-9-22(21)29-25(30-26)23-16-20(11-12-28-23)33-14-15-35-24-10-5-6-13-34-24;1-22(2,3)13-15(28)14-26(4)21-17-6-5-7-18(17)24-20(25-21)19-12-16(8-9-23-19)29-11-10-27;1-20(2,3)11-14(26)12-25(4)19-15-6-5-7-16(15)23-18(24-19)17-10-13(21)8-9-22-17;8-4-6-10-7-3-1-2-5-9-7/h11-12,16,24H,5-10,13-15,17-18H2,1-4H3;8-9,12,27H,5-7,10-11,13-14H2,1-4H3;8-10H,5-7,11-12H2,1-4H3;7-8H,1-6H2. The number of fused-ring (bicyclic) bond motifs is 3. The highest BCUT2D eigenvalue weighted by molar-refractivity contribution is 6.30.